The van der Waals surface area contributed by atoms with E-state index in [4.69, 9.17) is 9.68 Å². The predicted octanol–water partition coefficient (Wildman–Crippen LogP) is 0.594. The number of fused-ring (bicyclic) bond motifs is 1. The molecule has 80 valence electrons. The number of carbonyl (C=O) groups is 1. The van der Waals surface area contributed by atoms with Crippen molar-refractivity contribution in [3.8, 4) is 6.07 Å². The summed E-state index contributed by atoms with van der Waals surface area (Å²) in [6, 6.07) is 6.12. The summed E-state index contributed by atoms with van der Waals surface area (Å²) in [4.78, 5) is 22.0. The summed E-state index contributed by atoms with van der Waals surface area (Å²) in [5.41, 5.74) is 1.43. The Bertz CT molecular complexity index is 660. The lowest BCUT2D eigenvalue weighted by Crippen LogP contribution is -2.09. The smallest absolute Gasteiger partial charge is 0.408 e. The Balaban J connectivity index is 2.52. The fraction of sp³-hybridized carbons (Fsp3) is 0.100. The molecule has 0 saturated heterocycles. The molecule has 0 unspecified atom stereocenters. The number of nitriles is 1. The van der Waals surface area contributed by atoms with Crippen molar-refractivity contribution < 1.29 is 9.21 Å². The highest BCUT2D eigenvalue weighted by atomic mass is 16.4. The van der Waals surface area contributed by atoms with E-state index in [1.807, 2.05) is 0 Å². The van der Waals surface area contributed by atoms with Crippen LogP contribution < -0.4 is 11.1 Å². The largest absolute Gasteiger partial charge is 0.419 e. The maximum Gasteiger partial charge on any atom is 0.419 e. The molecule has 0 spiro atoms. The molecule has 16 heavy (non-hydrogen) atoms. The minimum Gasteiger partial charge on any atom is -0.408 e. The van der Waals surface area contributed by atoms with Gasteiger partial charge in [-0.3, -0.25) is 9.36 Å². The number of carbonyl (C=O) groups excluding carboxylic acids is 1. The molecule has 0 saturated carbocycles. The van der Waals surface area contributed by atoms with Crippen LogP contribution in [-0.4, -0.2) is 10.5 Å². The number of hydrogen-bond donors (Lipinski definition) is 1. The number of nitrogens with one attached hydrogen (secondary N) is 1. The van der Waals surface area contributed by atoms with Crippen LogP contribution in [0.25, 0.3) is 11.1 Å². The molecule has 1 N–H and O–H groups in total. The molecule has 0 bridgehead atoms. The fourth-order valence-corrected chi connectivity index (χ4v) is 1.36. The predicted molar refractivity (Wildman–Crippen MR) is 55.7 cm³/mol. The van der Waals surface area contributed by atoms with Gasteiger partial charge in [0.15, 0.2) is 11.7 Å². The number of aromatic nitrogens is 1. The fourth-order valence-electron chi connectivity index (χ4n) is 1.36. The van der Waals surface area contributed by atoms with Crippen LogP contribution in [0.2, 0.25) is 0 Å². The molecule has 0 fully saturated rings. The van der Waals surface area contributed by atoms with Crippen LogP contribution >= 0.6 is 0 Å². The molecule has 6 heteroatoms. The minimum atomic E-state index is -0.757. The van der Waals surface area contributed by atoms with Gasteiger partial charge in [-0.05, 0) is 18.2 Å². The first-order chi connectivity index (χ1) is 7.61. The Morgan fingerprint density at radius 2 is 2.31 bits per heavy atom. The highest BCUT2D eigenvalue weighted by molar-refractivity contribution is 6.03. The molecule has 6 nitrogen and oxygen atoms in total. The molecule has 1 amide bonds. The third kappa shape index (κ3) is 1.54. The Labute approximate surface area is 89.7 Å². The first kappa shape index (κ1) is 9.98. The van der Waals surface area contributed by atoms with Gasteiger partial charge in [-0.15, -0.1) is 0 Å². The molecule has 1 heterocycles. The van der Waals surface area contributed by atoms with Gasteiger partial charge in [0.05, 0.1) is 5.52 Å². The molecule has 0 aliphatic carbocycles. The van der Waals surface area contributed by atoms with E-state index in [1.54, 1.807) is 25.2 Å². The number of hydrogen-bond acceptors (Lipinski definition) is 4. The van der Waals surface area contributed by atoms with Gasteiger partial charge < -0.3 is 9.73 Å². The van der Waals surface area contributed by atoms with E-state index in [0.717, 1.165) is 0 Å². The number of nitrogens with zero attached hydrogens (tertiary/aromatic N) is 2. The van der Waals surface area contributed by atoms with E-state index in [1.165, 1.54) is 10.6 Å². The van der Waals surface area contributed by atoms with Gasteiger partial charge in [-0.25, -0.2) is 4.79 Å². The summed E-state index contributed by atoms with van der Waals surface area (Å²) < 4.78 is 6.23. The number of anilines is 1. The molecular weight excluding hydrogens is 210 g/mol. The van der Waals surface area contributed by atoms with Crippen molar-refractivity contribution in [3.05, 3.63) is 28.7 Å². The van der Waals surface area contributed by atoms with Crippen molar-refractivity contribution in [2.75, 3.05) is 5.32 Å². The Morgan fingerprint density at radius 1 is 1.56 bits per heavy atom. The Hall–Kier alpha value is -2.55. The van der Waals surface area contributed by atoms with E-state index >= 15 is 0 Å². The summed E-state index contributed by atoms with van der Waals surface area (Å²) in [6.45, 7) is 0. The Kier molecular flexibility index (Phi) is 2.21. The second kappa shape index (κ2) is 3.55. The summed E-state index contributed by atoms with van der Waals surface area (Å²) in [5.74, 6) is -1.23. The summed E-state index contributed by atoms with van der Waals surface area (Å²) >= 11 is 0. The standard InChI is InChI=1S/C10H7N3O3/c1-13-7-4-6(12-9(14)5-11)2-3-8(7)16-10(13)15/h2-4H,1H3,(H,12,14). The van der Waals surface area contributed by atoms with Crippen LogP contribution in [0.5, 0.6) is 0 Å². The number of amides is 1. The lowest BCUT2D eigenvalue weighted by molar-refractivity contribution is -0.111. The summed E-state index contributed by atoms with van der Waals surface area (Å²) in [7, 11) is 1.56. The van der Waals surface area contributed by atoms with Gasteiger partial charge in [0.25, 0.3) is 0 Å². The molecule has 1 aromatic heterocycles. The highest BCUT2D eigenvalue weighted by Gasteiger charge is 2.07. The van der Waals surface area contributed by atoms with Crippen molar-refractivity contribution >= 4 is 22.7 Å². The van der Waals surface area contributed by atoms with Gasteiger partial charge in [0.1, 0.15) is 0 Å². The number of oxazole rings is 1. The van der Waals surface area contributed by atoms with Crippen LogP contribution in [0, 0.1) is 11.3 Å². The van der Waals surface area contributed by atoms with E-state index in [0.29, 0.717) is 16.8 Å². The van der Waals surface area contributed by atoms with Gasteiger partial charge >= 0.3 is 11.7 Å². The quantitative estimate of drug-likeness (QED) is 0.708. The number of aryl methyl sites for hydroxylation is 1. The molecule has 0 aliphatic heterocycles. The third-order valence-corrected chi connectivity index (χ3v) is 2.15. The van der Waals surface area contributed by atoms with Gasteiger partial charge in [0.2, 0.25) is 0 Å². The molecule has 2 aromatic rings. The van der Waals surface area contributed by atoms with Gasteiger partial charge in [-0.1, -0.05) is 0 Å². The molecule has 1 aromatic carbocycles. The second-order valence-electron chi connectivity index (χ2n) is 3.18. The number of benzene rings is 1. The van der Waals surface area contributed by atoms with Crippen molar-refractivity contribution in [2.24, 2.45) is 7.05 Å². The Morgan fingerprint density at radius 3 is 3.00 bits per heavy atom. The second-order valence-corrected chi connectivity index (χ2v) is 3.18. The van der Waals surface area contributed by atoms with Crippen LogP contribution in [0.4, 0.5) is 5.69 Å². The van der Waals surface area contributed by atoms with E-state index in [-0.39, 0.29) is 0 Å². The molecule has 0 radical (unpaired) electrons. The van der Waals surface area contributed by atoms with Crippen molar-refractivity contribution in [1.82, 2.24) is 4.57 Å². The minimum absolute atomic E-state index is 0.433. The first-order valence-corrected chi connectivity index (χ1v) is 4.42. The van der Waals surface area contributed by atoms with Crippen LogP contribution in [0.15, 0.2) is 27.4 Å². The average Bonchev–Trinajstić information content (AvgIpc) is 2.55. The summed E-state index contributed by atoms with van der Waals surface area (Å²) in [5, 5.41) is 10.7. The molecular formula is C10H7N3O3. The average molecular weight is 217 g/mol. The van der Waals surface area contributed by atoms with Crippen LogP contribution in [-0.2, 0) is 11.8 Å². The maximum atomic E-state index is 11.2. The zero-order chi connectivity index (χ0) is 11.7. The van der Waals surface area contributed by atoms with Gasteiger partial charge in [0, 0.05) is 12.7 Å². The van der Waals surface area contributed by atoms with E-state index < -0.39 is 11.7 Å². The lowest BCUT2D eigenvalue weighted by Gasteiger charge is -1.99. The zero-order valence-corrected chi connectivity index (χ0v) is 8.35. The molecule has 0 aliphatic rings. The third-order valence-electron chi connectivity index (χ3n) is 2.15. The highest BCUT2D eigenvalue weighted by Crippen LogP contribution is 2.17. The topological polar surface area (TPSA) is 88.0 Å². The SMILES string of the molecule is Cn1c(=O)oc2ccc(NC(=O)C#N)cc21. The summed E-state index contributed by atoms with van der Waals surface area (Å²) in [6.07, 6.45) is 0. The first-order valence-electron chi connectivity index (χ1n) is 4.42. The van der Waals surface area contributed by atoms with Crippen molar-refractivity contribution in [1.29, 1.82) is 5.26 Å². The van der Waals surface area contributed by atoms with Gasteiger partial charge in [-0.2, -0.15) is 5.26 Å². The zero-order valence-electron chi connectivity index (χ0n) is 8.35. The monoisotopic (exact) mass is 217 g/mol. The molecule has 2 rings (SSSR count). The van der Waals surface area contributed by atoms with Crippen molar-refractivity contribution in [3.63, 3.8) is 0 Å². The maximum absolute atomic E-state index is 11.2. The van der Waals surface area contributed by atoms with E-state index in [2.05, 4.69) is 5.32 Å². The van der Waals surface area contributed by atoms with Crippen LogP contribution in [0.1, 0.15) is 0 Å². The van der Waals surface area contributed by atoms with E-state index in [9.17, 15) is 9.59 Å². The molecule has 0 atom stereocenters. The lowest BCUT2D eigenvalue weighted by atomic mass is 10.3. The normalized spacial score (nSPS) is 10.0. The van der Waals surface area contributed by atoms with Crippen molar-refractivity contribution in [2.45, 2.75) is 0 Å². The number of rotatable bonds is 1. The van der Waals surface area contributed by atoms with Crippen LogP contribution in [0.3, 0.4) is 0 Å².